The summed E-state index contributed by atoms with van der Waals surface area (Å²) in [5, 5.41) is 2.95. The van der Waals surface area contributed by atoms with Gasteiger partial charge in [-0.25, -0.2) is 0 Å². The highest BCUT2D eigenvalue weighted by Crippen LogP contribution is 2.32. The Morgan fingerprint density at radius 3 is 2.38 bits per heavy atom. The zero-order valence-corrected chi connectivity index (χ0v) is 17.0. The molecule has 26 heavy (non-hydrogen) atoms. The predicted molar refractivity (Wildman–Crippen MR) is 111 cm³/mol. The summed E-state index contributed by atoms with van der Waals surface area (Å²) >= 11 is 1.66. The molecule has 144 valence electrons. The van der Waals surface area contributed by atoms with Gasteiger partial charge in [0, 0.05) is 31.1 Å². The molecule has 1 aromatic carbocycles. The Kier molecular flexibility index (Phi) is 7.84. The summed E-state index contributed by atoms with van der Waals surface area (Å²) in [4.78, 5) is 17.9. The van der Waals surface area contributed by atoms with Crippen molar-refractivity contribution < 1.29 is 4.79 Å². The largest absolute Gasteiger partial charge is 0.324 e. The molecule has 0 unspecified atom stereocenters. The molecule has 1 fully saturated rings. The summed E-state index contributed by atoms with van der Waals surface area (Å²) in [7, 11) is 0. The number of unbranched alkanes of at least 4 members (excludes halogenated alkanes) is 3. The minimum Gasteiger partial charge on any atom is -0.324 e. The first kappa shape index (κ1) is 19.7. The van der Waals surface area contributed by atoms with Gasteiger partial charge in [0.1, 0.15) is 0 Å². The number of hydrogen-bond acceptors (Lipinski definition) is 4. The molecule has 2 aliphatic heterocycles. The van der Waals surface area contributed by atoms with Crippen LogP contribution in [0.25, 0.3) is 0 Å². The Balaban J connectivity index is 1.31. The van der Waals surface area contributed by atoms with Crippen LogP contribution in [0, 0.1) is 0 Å². The topological polar surface area (TPSA) is 35.6 Å². The first-order valence-electron chi connectivity index (χ1n) is 10.2. The molecule has 4 nitrogen and oxygen atoms in total. The Morgan fingerprint density at radius 1 is 1.00 bits per heavy atom. The lowest BCUT2D eigenvalue weighted by molar-refractivity contribution is -0.113. The van der Waals surface area contributed by atoms with Crippen molar-refractivity contribution in [3.05, 3.63) is 23.8 Å². The second-order valence-electron chi connectivity index (χ2n) is 7.51. The van der Waals surface area contributed by atoms with Crippen molar-refractivity contribution in [3.8, 4) is 0 Å². The average Bonchev–Trinajstić information content (AvgIpc) is 2.66. The first-order chi connectivity index (χ1) is 12.7. The maximum Gasteiger partial charge on any atom is 0.234 e. The zero-order chi connectivity index (χ0) is 18.2. The average molecular weight is 376 g/mol. The fourth-order valence-corrected chi connectivity index (χ4v) is 4.63. The van der Waals surface area contributed by atoms with Crippen molar-refractivity contribution >= 4 is 23.4 Å². The number of nitrogens with zero attached hydrogens (tertiary/aromatic N) is 2. The normalized spacial score (nSPS) is 18.6. The van der Waals surface area contributed by atoms with E-state index in [9.17, 15) is 4.79 Å². The summed E-state index contributed by atoms with van der Waals surface area (Å²) < 4.78 is 0. The number of anilines is 1. The number of thioether (sulfide) groups is 1. The fraction of sp³-hybridized carbons (Fsp3) is 0.667. The van der Waals surface area contributed by atoms with E-state index in [1.54, 1.807) is 11.8 Å². The molecular weight excluding hydrogens is 342 g/mol. The van der Waals surface area contributed by atoms with Crippen LogP contribution >= 0.6 is 11.8 Å². The Morgan fingerprint density at radius 2 is 1.69 bits per heavy atom. The first-order valence-corrected chi connectivity index (χ1v) is 11.2. The van der Waals surface area contributed by atoms with Gasteiger partial charge in [-0.1, -0.05) is 25.8 Å². The summed E-state index contributed by atoms with van der Waals surface area (Å²) in [5.41, 5.74) is 2.37. The number of nitrogens with one attached hydrogen (secondary N) is 1. The second kappa shape index (κ2) is 10.3. The van der Waals surface area contributed by atoms with Crippen molar-refractivity contribution in [2.45, 2.75) is 50.3 Å². The smallest absolute Gasteiger partial charge is 0.234 e. The predicted octanol–water partition coefficient (Wildman–Crippen LogP) is 3.86. The van der Waals surface area contributed by atoms with Crippen LogP contribution in [0.5, 0.6) is 0 Å². The van der Waals surface area contributed by atoms with Crippen LogP contribution in [-0.2, 0) is 11.2 Å². The molecule has 3 rings (SSSR count). The minimum atomic E-state index is 0.112. The maximum absolute atomic E-state index is 11.4. The molecule has 2 aliphatic rings. The van der Waals surface area contributed by atoms with Gasteiger partial charge in [0.2, 0.25) is 5.91 Å². The molecule has 0 bridgehead atoms. The summed E-state index contributed by atoms with van der Waals surface area (Å²) in [6, 6.07) is 6.49. The maximum atomic E-state index is 11.4. The van der Waals surface area contributed by atoms with Crippen LogP contribution < -0.4 is 5.32 Å². The van der Waals surface area contributed by atoms with Gasteiger partial charge >= 0.3 is 0 Å². The van der Waals surface area contributed by atoms with E-state index in [1.807, 2.05) is 0 Å². The number of fused-ring (bicyclic) bond motifs is 1. The number of rotatable bonds is 9. The van der Waals surface area contributed by atoms with Gasteiger partial charge in [-0.15, -0.1) is 11.8 Å². The molecule has 0 spiro atoms. The molecule has 0 aromatic heterocycles. The molecular formula is C21H33N3OS. The van der Waals surface area contributed by atoms with Crippen LogP contribution in [0.3, 0.4) is 0 Å². The highest BCUT2D eigenvalue weighted by molar-refractivity contribution is 8.00. The molecule has 2 heterocycles. The number of benzene rings is 1. The van der Waals surface area contributed by atoms with E-state index in [4.69, 9.17) is 0 Å². The second-order valence-corrected chi connectivity index (χ2v) is 8.53. The molecule has 5 heteroatoms. The molecule has 0 saturated carbocycles. The zero-order valence-electron chi connectivity index (χ0n) is 16.1. The molecule has 1 aromatic rings. The van der Waals surface area contributed by atoms with E-state index >= 15 is 0 Å². The van der Waals surface area contributed by atoms with Gasteiger partial charge in [-0.05, 0) is 56.5 Å². The third-order valence-corrected chi connectivity index (χ3v) is 6.47. The standard InChI is InChI=1S/C21H33N3OS/c1-2-3-5-10-23-12-14-24(15-13-23)11-6-4-7-18-8-9-19-20(16-18)26-17-21(25)22-19/h8-9,16H,2-7,10-15,17H2,1H3,(H,22,25). The van der Waals surface area contributed by atoms with E-state index in [0.29, 0.717) is 5.75 Å². The van der Waals surface area contributed by atoms with E-state index in [1.165, 1.54) is 81.8 Å². The molecule has 0 atom stereocenters. The Labute approximate surface area is 162 Å². The lowest BCUT2D eigenvalue weighted by Crippen LogP contribution is -2.46. The van der Waals surface area contributed by atoms with Gasteiger partial charge in [0.25, 0.3) is 0 Å². The van der Waals surface area contributed by atoms with Gasteiger partial charge in [-0.3, -0.25) is 4.79 Å². The van der Waals surface area contributed by atoms with Crippen LogP contribution in [0.4, 0.5) is 5.69 Å². The number of piperazine rings is 1. The summed E-state index contributed by atoms with van der Waals surface area (Å²) in [6.45, 7) is 9.77. The van der Waals surface area contributed by atoms with E-state index < -0.39 is 0 Å². The molecule has 1 N–H and O–H groups in total. The number of carbonyl (C=O) groups excluding carboxylic acids is 1. The Bertz CT molecular complexity index is 585. The van der Waals surface area contributed by atoms with Gasteiger partial charge in [0.05, 0.1) is 11.4 Å². The molecule has 0 radical (unpaired) electrons. The molecule has 0 aliphatic carbocycles. The van der Waals surface area contributed by atoms with Crippen molar-refractivity contribution in [1.82, 2.24) is 9.80 Å². The third kappa shape index (κ3) is 6.00. The number of aryl methyl sites for hydroxylation is 1. The van der Waals surface area contributed by atoms with Gasteiger partial charge < -0.3 is 15.1 Å². The van der Waals surface area contributed by atoms with E-state index in [2.05, 4.69) is 40.2 Å². The third-order valence-electron chi connectivity index (χ3n) is 5.41. The number of amides is 1. The molecule has 1 amide bonds. The highest BCUT2D eigenvalue weighted by Gasteiger charge is 2.17. The van der Waals surface area contributed by atoms with Crippen molar-refractivity contribution in [1.29, 1.82) is 0 Å². The van der Waals surface area contributed by atoms with Gasteiger partial charge in [0.15, 0.2) is 0 Å². The van der Waals surface area contributed by atoms with E-state index in [-0.39, 0.29) is 5.91 Å². The van der Waals surface area contributed by atoms with Crippen molar-refractivity contribution in [3.63, 3.8) is 0 Å². The Hall–Kier alpha value is -1.04. The summed E-state index contributed by atoms with van der Waals surface area (Å²) in [6.07, 6.45) is 7.70. The minimum absolute atomic E-state index is 0.112. The lowest BCUT2D eigenvalue weighted by atomic mass is 10.1. The number of hydrogen-bond donors (Lipinski definition) is 1. The monoisotopic (exact) mass is 375 g/mol. The fourth-order valence-electron chi connectivity index (χ4n) is 3.76. The van der Waals surface area contributed by atoms with Crippen LogP contribution in [-0.4, -0.2) is 60.7 Å². The SMILES string of the molecule is CCCCCN1CCN(CCCCc2ccc3c(c2)SCC(=O)N3)CC1. The van der Waals surface area contributed by atoms with Crippen LogP contribution in [0.1, 0.15) is 44.6 Å². The van der Waals surface area contributed by atoms with Crippen molar-refractivity contribution in [2.75, 3.05) is 50.3 Å². The quantitative estimate of drug-likeness (QED) is 0.665. The van der Waals surface area contributed by atoms with Crippen LogP contribution in [0.2, 0.25) is 0 Å². The van der Waals surface area contributed by atoms with Crippen molar-refractivity contribution in [2.24, 2.45) is 0 Å². The van der Waals surface area contributed by atoms with Gasteiger partial charge in [-0.2, -0.15) is 0 Å². The van der Waals surface area contributed by atoms with E-state index in [0.717, 1.165) is 12.1 Å². The molecule has 1 saturated heterocycles. The van der Waals surface area contributed by atoms with Crippen LogP contribution in [0.15, 0.2) is 23.1 Å². The lowest BCUT2D eigenvalue weighted by Gasteiger charge is -2.34. The number of carbonyl (C=O) groups is 1. The summed E-state index contributed by atoms with van der Waals surface area (Å²) in [5.74, 6) is 0.654. The highest BCUT2D eigenvalue weighted by atomic mass is 32.2.